The van der Waals surface area contributed by atoms with Crippen LogP contribution in [0.3, 0.4) is 0 Å². The van der Waals surface area contributed by atoms with E-state index in [1.807, 2.05) is 12.4 Å². The topological polar surface area (TPSA) is 29.9 Å². The van der Waals surface area contributed by atoms with Crippen LogP contribution in [0.4, 0.5) is 0 Å². The van der Waals surface area contributed by atoms with E-state index in [9.17, 15) is 0 Å². The average molecular weight is 193 g/mol. The first-order valence-electron chi connectivity index (χ1n) is 5.45. The van der Waals surface area contributed by atoms with Gasteiger partial charge in [-0.3, -0.25) is 0 Å². The van der Waals surface area contributed by atoms with Gasteiger partial charge in [-0.05, 0) is 25.3 Å². The normalized spacial score (nSPS) is 27.9. The van der Waals surface area contributed by atoms with Crippen LogP contribution in [-0.4, -0.2) is 22.1 Å². The van der Waals surface area contributed by atoms with Crippen molar-refractivity contribution < 1.29 is 0 Å². The molecule has 0 aliphatic carbocycles. The van der Waals surface area contributed by atoms with Crippen molar-refractivity contribution in [2.75, 3.05) is 6.54 Å². The Morgan fingerprint density at radius 2 is 2.50 bits per heavy atom. The number of piperidine rings is 1. The highest BCUT2D eigenvalue weighted by atomic mass is 15.0. The zero-order valence-corrected chi connectivity index (χ0v) is 9.03. The van der Waals surface area contributed by atoms with Crippen molar-refractivity contribution in [3.05, 3.63) is 18.2 Å². The summed E-state index contributed by atoms with van der Waals surface area (Å²) < 4.78 is 2.11. The summed E-state index contributed by atoms with van der Waals surface area (Å²) in [5.74, 6) is 2.05. The van der Waals surface area contributed by atoms with Crippen molar-refractivity contribution in [3.63, 3.8) is 0 Å². The van der Waals surface area contributed by atoms with E-state index >= 15 is 0 Å². The molecule has 2 heterocycles. The number of hydrogen-bond acceptors (Lipinski definition) is 2. The van der Waals surface area contributed by atoms with Gasteiger partial charge < -0.3 is 9.88 Å². The van der Waals surface area contributed by atoms with E-state index in [2.05, 4.69) is 28.8 Å². The minimum absolute atomic E-state index is 0.625. The van der Waals surface area contributed by atoms with E-state index < -0.39 is 0 Å². The molecule has 2 rings (SSSR count). The smallest absolute Gasteiger partial charge is 0.109 e. The fourth-order valence-corrected chi connectivity index (χ4v) is 2.19. The van der Waals surface area contributed by atoms with Gasteiger partial charge in [-0.2, -0.15) is 0 Å². The fourth-order valence-electron chi connectivity index (χ4n) is 2.19. The van der Waals surface area contributed by atoms with Crippen LogP contribution in [0.1, 0.15) is 25.6 Å². The minimum Gasteiger partial charge on any atom is -0.338 e. The summed E-state index contributed by atoms with van der Waals surface area (Å²) in [6, 6.07) is 0.625. The number of hydrogen-bond donors (Lipinski definition) is 1. The average Bonchev–Trinajstić information content (AvgIpc) is 2.52. The van der Waals surface area contributed by atoms with Crippen LogP contribution in [0.25, 0.3) is 0 Å². The number of aryl methyl sites for hydroxylation is 1. The van der Waals surface area contributed by atoms with Gasteiger partial charge in [0.05, 0.1) is 0 Å². The van der Waals surface area contributed by atoms with Crippen molar-refractivity contribution in [2.24, 2.45) is 13.0 Å². The highest BCUT2D eigenvalue weighted by Crippen LogP contribution is 2.17. The van der Waals surface area contributed by atoms with Crippen LogP contribution in [0.15, 0.2) is 12.4 Å². The van der Waals surface area contributed by atoms with Gasteiger partial charge in [-0.15, -0.1) is 0 Å². The summed E-state index contributed by atoms with van der Waals surface area (Å²) in [7, 11) is 2.06. The molecular formula is C11H19N3. The van der Waals surface area contributed by atoms with Crippen molar-refractivity contribution in [3.8, 4) is 0 Å². The Morgan fingerprint density at radius 3 is 3.14 bits per heavy atom. The zero-order chi connectivity index (χ0) is 9.97. The number of nitrogens with zero attached hydrogens (tertiary/aromatic N) is 2. The van der Waals surface area contributed by atoms with E-state index in [0.29, 0.717) is 6.04 Å². The fraction of sp³-hybridized carbons (Fsp3) is 0.727. The van der Waals surface area contributed by atoms with E-state index in [4.69, 9.17) is 0 Å². The summed E-state index contributed by atoms with van der Waals surface area (Å²) >= 11 is 0. The lowest BCUT2D eigenvalue weighted by Gasteiger charge is -2.27. The molecule has 0 spiro atoms. The van der Waals surface area contributed by atoms with Gasteiger partial charge in [-0.1, -0.05) is 6.92 Å². The van der Waals surface area contributed by atoms with E-state index in [-0.39, 0.29) is 0 Å². The predicted molar refractivity (Wildman–Crippen MR) is 57.1 cm³/mol. The third-order valence-electron chi connectivity index (χ3n) is 3.11. The first-order chi connectivity index (χ1) is 6.75. The molecule has 2 atom stereocenters. The van der Waals surface area contributed by atoms with Crippen LogP contribution < -0.4 is 5.32 Å². The van der Waals surface area contributed by atoms with Gasteiger partial charge in [0, 0.05) is 31.9 Å². The van der Waals surface area contributed by atoms with E-state index in [1.165, 1.54) is 18.7 Å². The molecule has 0 radical (unpaired) electrons. The largest absolute Gasteiger partial charge is 0.338 e. The molecule has 1 aromatic heterocycles. The Kier molecular flexibility index (Phi) is 2.87. The molecule has 14 heavy (non-hydrogen) atoms. The van der Waals surface area contributed by atoms with Gasteiger partial charge in [0.15, 0.2) is 0 Å². The molecule has 2 unspecified atom stereocenters. The van der Waals surface area contributed by atoms with Gasteiger partial charge in [0.2, 0.25) is 0 Å². The molecule has 78 valence electrons. The molecule has 1 N–H and O–H groups in total. The second kappa shape index (κ2) is 4.13. The van der Waals surface area contributed by atoms with E-state index in [0.717, 1.165) is 18.9 Å². The number of nitrogens with one attached hydrogen (secondary N) is 1. The summed E-state index contributed by atoms with van der Waals surface area (Å²) in [5.41, 5.74) is 0. The van der Waals surface area contributed by atoms with Crippen molar-refractivity contribution in [2.45, 2.75) is 32.2 Å². The number of imidazole rings is 1. The Hall–Kier alpha value is -0.830. The molecule has 0 aromatic carbocycles. The van der Waals surface area contributed by atoms with Gasteiger partial charge in [-0.25, -0.2) is 4.98 Å². The molecule has 3 heteroatoms. The Balaban J connectivity index is 1.94. The Bertz CT molecular complexity index is 292. The third-order valence-corrected chi connectivity index (χ3v) is 3.11. The van der Waals surface area contributed by atoms with E-state index in [1.54, 1.807) is 0 Å². The first kappa shape index (κ1) is 9.71. The first-order valence-corrected chi connectivity index (χ1v) is 5.45. The maximum Gasteiger partial charge on any atom is 0.109 e. The van der Waals surface area contributed by atoms with Gasteiger partial charge in [0.25, 0.3) is 0 Å². The Labute approximate surface area is 85.5 Å². The summed E-state index contributed by atoms with van der Waals surface area (Å²) in [4.78, 5) is 4.36. The second-order valence-electron chi connectivity index (χ2n) is 4.44. The molecule has 0 saturated carbocycles. The van der Waals surface area contributed by atoms with Crippen LogP contribution in [0, 0.1) is 5.92 Å². The maximum atomic E-state index is 4.36. The van der Waals surface area contributed by atoms with Crippen LogP contribution in [0.2, 0.25) is 0 Å². The monoisotopic (exact) mass is 193 g/mol. The summed E-state index contributed by atoms with van der Waals surface area (Å²) in [5, 5.41) is 3.56. The third kappa shape index (κ3) is 2.15. The molecule has 1 saturated heterocycles. The molecule has 0 bridgehead atoms. The lowest BCUT2D eigenvalue weighted by Crippen LogP contribution is -2.39. The molecule has 1 aromatic rings. The molecule has 3 nitrogen and oxygen atoms in total. The maximum absolute atomic E-state index is 4.36. The van der Waals surface area contributed by atoms with Crippen molar-refractivity contribution in [1.29, 1.82) is 0 Å². The molecule has 1 fully saturated rings. The molecule has 1 aliphatic heterocycles. The quantitative estimate of drug-likeness (QED) is 0.768. The van der Waals surface area contributed by atoms with Crippen LogP contribution in [-0.2, 0) is 13.5 Å². The lowest BCUT2D eigenvalue weighted by atomic mass is 9.92. The zero-order valence-electron chi connectivity index (χ0n) is 9.03. The highest BCUT2D eigenvalue weighted by Gasteiger charge is 2.19. The number of rotatable bonds is 2. The van der Waals surface area contributed by atoms with Crippen molar-refractivity contribution in [1.82, 2.24) is 14.9 Å². The lowest BCUT2D eigenvalue weighted by molar-refractivity contribution is 0.314. The second-order valence-corrected chi connectivity index (χ2v) is 4.44. The summed E-state index contributed by atoms with van der Waals surface area (Å²) in [6.07, 6.45) is 7.56. The minimum atomic E-state index is 0.625. The van der Waals surface area contributed by atoms with Crippen LogP contribution in [0.5, 0.6) is 0 Å². The van der Waals surface area contributed by atoms with Crippen LogP contribution >= 0.6 is 0 Å². The summed E-state index contributed by atoms with van der Waals surface area (Å²) in [6.45, 7) is 3.50. The van der Waals surface area contributed by atoms with Gasteiger partial charge >= 0.3 is 0 Å². The standard InChI is InChI=1S/C11H19N3/c1-9-3-4-12-10(7-9)8-11-13-5-6-14(11)2/h5-6,9-10,12H,3-4,7-8H2,1-2H3. The molecular weight excluding hydrogens is 174 g/mol. The Morgan fingerprint density at radius 1 is 1.64 bits per heavy atom. The highest BCUT2D eigenvalue weighted by molar-refractivity contribution is 4.95. The SMILES string of the molecule is CC1CCNC(Cc2nccn2C)C1. The predicted octanol–water partition coefficient (Wildman–Crippen LogP) is 1.35. The molecule has 1 aliphatic rings. The number of aromatic nitrogens is 2. The van der Waals surface area contributed by atoms with Gasteiger partial charge in [0.1, 0.15) is 5.82 Å². The molecule has 0 amide bonds. The van der Waals surface area contributed by atoms with Crippen molar-refractivity contribution >= 4 is 0 Å².